The first kappa shape index (κ1) is 55.2. The SMILES string of the molecule is CCCCCCCCCCCCCCCCCC(=O)OCCN(CCOC(=O)CCCCCCCCCCCCCCCCC)C(=O)C(Cc1ccccc1)[N+](=O)CCO. The van der Waals surface area contributed by atoms with Gasteiger partial charge in [-0.25, -0.2) is 0 Å². The summed E-state index contributed by atoms with van der Waals surface area (Å²) in [5.41, 5.74) is 0.819. The minimum Gasteiger partial charge on any atom is -0.464 e. The predicted octanol–water partition coefficient (Wildman–Crippen LogP) is 12.8. The fourth-order valence-electron chi connectivity index (χ4n) is 7.91. The van der Waals surface area contributed by atoms with Gasteiger partial charge in [-0.1, -0.05) is 224 Å². The van der Waals surface area contributed by atoms with Crippen LogP contribution in [0.5, 0.6) is 0 Å². The lowest BCUT2D eigenvalue weighted by Crippen LogP contribution is -2.48. The molecule has 9 nitrogen and oxygen atoms in total. The number of unbranched alkanes of at least 4 members (excludes halogenated alkanes) is 28. The highest BCUT2D eigenvalue weighted by atomic mass is 16.5. The van der Waals surface area contributed by atoms with Crippen LogP contribution in [0.1, 0.15) is 225 Å². The second-order valence-corrected chi connectivity index (χ2v) is 17.2. The Balaban J connectivity index is 2.41. The van der Waals surface area contributed by atoms with E-state index in [0.717, 1.165) is 44.1 Å². The van der Waals surface area contributed by atoms with E-state index < -0.39 is 11.9 Å². The molecule has 1 unspecified atom stereocenters. The second-order valence-electron chi connectivity index (χ2n) is 17.2. The molecule has 1 amide bonds. The third kappa shape index (κ3) is 32.9. The molecule has 1 rings (SSSR count). The van der Waals surface area contributed by atoms with Crippen molar-refractivity contribution < 1.29 is 33.7 Å². The van der Waals surface area contributed by atoms with Gasteiger partial charge < -0.3 is 19.5 Å². The smallest absolute Gasteiger partial charge is 0.305 e. The van der Waals surface area contributed by atoms with E-state index in [-0.39, 0.29) is 57.8 Å². The number of aliphatic hydroxyl groups is 1. The van der Waals surface area contributed by atoms with Crippen molar-refractivity contribution in [1.82, 2.24) is 4.90 Å². The summed E-state index contributed by atoms with van der Waals surface area (Å²) < 4.78 is 11.7. The Morgan fingerprint density at radius 2 is 0.867 bits per heavy atom. The number of esters is 2. The van der Waals surface area contributed by atoms with Crippen molar-refractivity contribution in [1.29, 1.82) is 0 Å². The number of hydrogen-bond donors (Lipinski definition) is 1. The Kier molecular flexibility index (Phi) is 38.2. The molecule has 0 saturated carbocycles. The van der Waals surface area contributed by atoms with Gasteiger partial charge >= 0.3 is 11.9 Å². The van der Waals surface area contributed by atoms with E-state index >= 15 is 0 Å². The molecule has 0 aliphatic rings. The summed E-state index contributed by atoms with van der Waals surface area (Å²) in [6, 6.07) is 8.22. The number of nitrogens with zero attached hydrogens (tertiary/aromatic N) is 2. The third-order valence-electron chi connectivity index (χ3n) is 11.8. The summed E-state index contributed by atoms with van der Waals surface area (Å²) in [6.07, 6.45) is 38.6. The predicted molar refractivity (Wildman–Crippen MR) is 247 cm³/mol. The zero-order valence-corrected chi connectivity index (χ0v) is 38.8. The summed E-state index contributed by atoms with van der Waals surface area (Å²) in [7, 11) is 0. The summed E-state index contributed by atoms with van der Waals surface area (Å²) in [5.74, 6) is -1.03. The second kappa shape index (κ2) is 41.5. The molecule has 60 heavy (non-hydrogen) atoms. The first-order valence-electron chi connectivity index (χ1n) is 25.1. The van der Waals surface area contributed by atoms with Crippen LogP contribution in [0.3, 0.4) is 0 Å². The van der Waals surface area contributed by atoms with Crippen molar-refractivity contribution in [3.63, 3.8) is 0 Å². The van der Waals surface area contributed by atoms with Crippen LogP contribution in [0.2, 0.25) is 0 Å². The Bertz CT molecular complexity index is 1110. The fraction of sp³-hybridized carbons (Fsp3) is 0.824. The Labute approximate surface area is 367 Å². The van der Waals surface area contributed by atoms with Crippen LogP contribution in [0.4, 0.5) is 0 Å². The number of rotatable bonds is 44. The molecule has 346 valence electrons. The molecule has 0 radical (unpaired) electrons. The first-order valence-corrected chi connectivity index (χ1v) is 25.1. The molecular weight excluding hydrogens is 753 g/mol. The zero-order valence-electron chi connectivity index (χ0n) is 38.8. The topological polar surface area (TPSA) is 113 Å². The van der Waals surface area contributed by atoms with Crippen molar-refractivity contribution in [3.8, 4) is 0 Å². The molecule has 0 fully saturated rings. The molecule has 0 saturated heterocycles. The number of benzene rings is 1. The molecule has 0 heterocycles. The summed E-state index contributed by atoms with van der Waals surface area (Å²) >= 11 is 0. The quantitative estimate of drug-likeness (QED) is 0.0395. The van der Waals surface area contributed by atoms with E-state index in [1.165, 1.54) is 159 Å². The number of ether oxygens (including phenoxy) is 2. The van der Waals surface area contributed by atoms with Crippen molar-refractivity contribution in [3.05, 3.63) is 40.8 Å². The Morgan fingerprint density at radius 1 is 0.533 bits per heavy atom. The molecule has 0 bridgehead atoms. The van der Waals surface area contributed by atoms with Gasteiger partial charge in [0, 0.05) is 28.9 Å². The van der Waals surface area contributed by atoms with Crippen molar-refractivity contribution in [2.45, 2.75) is 232 Å². The minimum atomic E-state index is -1.08. The number of carbonyl (C=O) groups excluding carboxylic acids is 3. The molecule has 0 aliphatic heterocycles. The van der Waals surface area contributed by atoms with Crippen LogP contribution in [0.15, 0.2) is 30.3 Å². The van der Waals surface area contributed by atoms with Gasteiger partial charge in [0.25, 0.3) is 11.9 Å². The number of aliphatic hydroxyl groups excluding tert-OH is 1. The van der Waals surface area contributed by atoms with Gasteiger partial charge in [0.2, 0.25) is 6.54 Å². The van der Waals surface area contributed by atoms with Crippen LogP contribution in [-0.4, -0.2) is 78.1 Å². The lowest BCUT2D eigenvalue weighted by Gasteiger charge is -2.24. The van der Waals surface area contributed by atoms with E-state index in [0.29, 0.717) is 17.6 Å². The molecule has 0 spiro atoms. The molecule has 9 heteroatoms. The van der Waals surface area contributed by atoms with E-state index in [1.54, 1.807) is 0 Å². The number of nitroso groups, excluding NO2 is 1. The number of carbonyl (C=O) groups is 3. The van der Waals surface area contributed by atoms with E-state index in [1.807, 2.05) is 30.3 Å². The van der Waals surface area contributed by atoms with Gasteiger partial charge in [0.15, 0.2) is 0 Å². The maximum atomic E-state index is 13.9. The van der Waals surface area contributed by atoms with Crippen molar-refractivity contribution in [2.75, 3.05) is 39.5 Å². The molecule has 1 aromatic carbocycles. The Morgan fingerprint density at radius 3 is 1.20 bits per heavy atom. The average Bonchev–Trinajstić information content (AvgIpc) is 3.25. The van der Waals surface area contributed by atoms with Gasteiger partial charge in [0.05, 0.1) is 13.1 Å². The minimum absolute atomic E-state index is 0.00665. The van der Waals surface area contributed by atoms with Crippen molar-refractivity contribution >= 4 is 17.8 Å². The highest BCUT2D eigenvalue weighted by molar-refractivity contribution is 5.81. The maximum Gasteiger partial charge on any atom is 0.305 e. The largest absolute Gasteiger partial charge is 0.464 e. The van der Waals surface area contributed by atoms with Crippen LogP contribution >= 0.6 is 0 Å². The van der Waals surface area contributed by atoms with Gasteiger partial charge in [-0.3, -0.25) is 14.4 Å². The first-order chi connectivity index (χ1) is 29.4. The highest BCUT2D eigenvalue weighted by Gasteiger charge is 2.36. The van der Waals surface area contributed by atoms with Crippen LogP contribution in [0, 0.1) is 4.91 Å². The molecule has 1 N–H and O–H groups in total. The van der Waals surface area contributed by atoms with E-state index in [2.05, 4.69) is 13.8 Å². The van der Waals surface area contributed by atoms with Crippen LogP contribution in [0.25, 0.3) is 0 Å². The number of amides is 1. The van der Waals surface area contributed by atoms with Gasteiger partial charge in [-0.15, -0.1) is 0 Å². The maximum absolute atomic E-state index is 13.9. The van der Waals surface area contributed by atoms with Crippen LogP contribution < -0.4 is 0 Å². The van der Waals surface area contributed by atoms with Gasteiger partial charge in [0.1, 0.15) is 19.8 Å². The highest BCUT2D eigenvalue weighted by Crippen LogP contribution is 2.16. The number of hydrogen-bond acceptors (Lipinski definition) is 7. The van der Waals surface area contributed by atoms with Gasteiger partial charge in [-0.2, -0.15) is 0 Å². The van der Waals surface area contributed by atoms with Gasteiger partial charge in [-0.05, 0) is 18.4 Å². The van der Waals surface area contributed by atoms with Crippen LogP contribution in [-0.2, 0) is 30.3 Å². The monoisotopic (exact) mass is 844 g/mol. The lowest BCUT2D eigenvalue weighted by molar-refractivity contribution is -0.575. The zero-order chi connectivity index (χ0) is 43.6. The normalized spacial score (nSPS) is 11.7. The standard InChI is InChI=1S/C51H91N2O7/c1-3-5-7-9-11-13-15-17-19-21-23-25-27-29-34-38-49(55)59-44-41-52(51(57)48(53(58)40-43-54)46-47-36-32-31-33-37-47)42-45-60-50(56)39-35-30-28-26-24-22-20-18-16-14-12-10-8-6-4-2/h31-33,36-37,48,54H,3-30,34-35,38-46H2,1-2H3/q+1. The average molecular weight is 844 g/mol. The summed E-state index contributed by atoms with van der Waals surface area (Å²) in [6.45, 7) is 4.09. The molecule has 0 aromatic heterocycles. The summed E-state index contributed by atoms with van der Waals surface area (Å²) in [5, 5.41) is 9.51. The fourth-order valence-corrected chi connectivity index (χ4v) is 7.91. The van der Waals surface area contributed by atoms with E-state index in [4.69, 9.17) is 9.47 Å². The van der Waals surface area contributed by atoms with Crippen molar-refractivity contribution in [2.24, 2.45) is 0 Å². The lowest BCUT2D eigenvalue weighted by atomic mass is 10.0. The molecule has 0 aliphatic carbocycles. The molecular formula is C51H91N2O7+. The Hall–Kier alpha value is -2.81. The summed E-state index contributed by atoms with van der Waals surface area (Å²) in [4.78, 5) is 53.6. The molecule has 1 atom stereocenters. The van der Waals surface area contributed by atoms with E-state index in [9.17, 15) is 24.4 Å². The molecule has 1 aromatic rings. The third-order valence-corrected chi connectivity index (χ3v) is 11.8.